The van der Waals surface area contributed by atoms with Gasteiger partial charge in [-0.15, -0.1) is 0 Å². The van der Waals surface area contributed by atoms with Gasteiger partial charge in [-0.05, 0) is 65.7 Å². The van der Waals surface area contributed by atoms with Gasteiger partial charge in [-0.3, -0.25) is 18.8 Å². The Morgan fingerprint density at radius 3 is 2.42 bits per heavy atom. The number of thiocarbonyl (C=S) groups is 1. The number of aliphatic hydroxyl groups is 1. The van der Waals surface area contributed by atoms with Gasteiger partial charge in [0.15, 0.2) is 11.3 Å². The molecule has 11 nitrogen and oxygen atoms in total. The summed E-state index contributed by atoms with van der Waals surface area (Å²) in [6, 6.07) is 5.19. The smallest absolute Gasteiger partial charge is 0.333 e. The Labute approximate surface area is 248 Å². The van der Waals surface area contributed by atoms with Gasteiger partial charge in [0.05, 0.1) is 6.61 Å². The van der Waals surface area contributed by atoms with Crippen molar-refractivity contribution in [1.29, 1.82) is 0 Å². The molecule has 2 aromatic heterocycles. The Balaban J connectivity index is 1.06. The molecular formula is C27H38BrN7O4S. The molecule has 0 radical (unpaired) electrons. The highest BCUT2D eigenvalue weighted by atomic mass is 79.9. The molecule has 4 heterocycles. The van der Waals surface area contributed by atoms with Crippen LogP contribution in [0.15, 0.2) is 56.8 Å². The summed E-state index contributed by atoms with van der Waals surface area (Å²) in [4.78, 5) is 34.3. The van der Waals surface area contributed by atoms with Gasteiger partial charge < -0.3 is 25.4 Å². The lowest BCUT2D eigenvalue weighted by atomic mass is 10.1. The highest BCUT2D eigenvalue weighted by Gasteiger charge is 2.22. The fourth-order valence-corrected chi connectivity index (χ4v) is 5.26. The monoisotopic (exact) mass is 635 g/mol. The summed E-state index contributed by atoms with van der Waals surface area (Å²) in [6.45, 7) is 7.23. The summed E-state index contributed by atoms with van der Waals surface area (Å²) < 4.78 is 9.21. The molecule has 1 saturated heterocycles. The molecule has 3 N–H and O–H groups in total. The Hall–Kier alpha value is -2.42. The molecule has 0 bridgehead atoms. The molecule has 2 unspecified atom stereocenters. The van der Waals surface area contributed by atoms with Crippen molar-refractivity contribution in [2.45, 2.75) is 44.6 Å². The molecule has 2 atom stereocenters. The maximum atomic E-state index is 12.8. The number of hydrogen-bond acceptors (Lipinski definition) is 8. The van der Waals surface area contributed by atoms with Crippen molar-refractivity contribution in [1.82, 2.24) is 29.2 Å². The van der Waals surface area contributed by atoms with E-state index in [1.807, 2.05) is 12.1 Å². The van der Waals surface area contributed by atoms with Crippen LogP contribution in [-0.2, 0) is 11.3 Å². The second-order valence-electron chi connectivity index (χ2n) is 9.97. The third kappa shape index (κ3) is 9.05. The first-order valence-electron chi connectivity index (χ1n) is 13.8. The van der Waals surface area contributed by atoms with Crippen LogP contribution in [0.25, 0.3) is 0 Å². The molecule has 0 spiro atoms. The third-order valence-corrected chi connectivity index (χ3v) is 7.82. The number of ether oxygens (including phenoxy) is 1. The number of hydrogen-bond donors (Lipinski definition) is 3. The van der Waals surface area contributed by atoms with E-state index in [2.05, 4.69) is 41.3 Å². The molecule has 13 heteroatoms. The minimum Gasteiger partial charge on any atom is -0.393 e. The van der Waals surface area contributed by atoms with Crippen molar-refractivity contribution in [2.24, 2.45) is 0 Å². The SMILES string of the molecule is O=c1ccn(C2C=CC(CO)O2)c(=O)n1CCCCCCN1CCN(CCNC(=S)Nc2ccc(Br)cn2)CC1. The molecular weight excluding hydrogens is 598 g/mol. The Morgan fingerprint density at radius 1 is 1.02 bits per heavy atom. The van der Waals surface area contributed by atoms with E-state index < -0.39 is 12.3 Å². The summed E-state index contributed by atoms with van der Waals surface area (Å²) in [6.07, 6.45) is 9.52. The summed E-state index contributed by atoms with van der Waals surface area (Å²) in [5, 5.41) is 16.2. The van der Waals surface area contributed by atoms with Crippen molar-refractivity contribution in [3.8, 4) is 0 Å². The number of pyridine rings is 1. The van der Waals surface area contributed by atoms with Crippen LogP contribution in [-0.4, -0.2) is 92.7 Å². The van der Waals surface area contributed by atoms with Crippen molar-refractivity contribution in [2.75, 3.05) is 57.7 Å². The predicted molar refractivity (Wildman–Crippen MR) is 163 cm³/mol. The number of nitrogens with zero attached hydrogens (tertiary/aromatic N) is 5. The van der Waals surface area contributed by atoms with Gasteiger partial charge >= 0.3 is 5.69 Å². The van der Waals surface area contributed by atoms with Crippen molar-refractivity contribution >= 4 is 39.1 Å². The van der Waals surface area contributed by atoms with E-state index >= 15 is 0 Å². The highest BCUT2D eigenvalue weighted by Crippen LogP contribution is 2.18. The second kappa shape index (κ2) is 15.5. The van der Waals surface area contributed by atoms with Crippen molar-refractivity contribution < 1.29 is 9.84 Å². The van der Waals surface area contributed by atoms with Gasteiger partial charge in [0, 0.05) is 68.7 Å². The standard InChI is InChI=1S/C27H38BrN7O4S/c28-21-5-7-23(30-19-21)31-26(40)29-10-14-33-17-15-32(16-18-33)11-3-1-2-4-12-34-24(37)9-13-35(27(34)38)25-8-6-22(20-36)39-25/h5-9,13,19,22,25,36H,1-4,10-12,14-18,20H2,(H2,29,30,31,40). The molecule has 2 aromatic rings. The lowest BCUT2D eigenvalue weighted by Gasteiger charge is -2.34. The Kier molecular flexibility index (Phi) is 11.9. The fraction of sp³-hybridized carbons (Fsp3) is 0.556. The zero-order chi connectivity index (χ0) is 28.3. The van der Waals surface area contributed by atoms with E-state index in [0.29, 0.717) is 11.7 Å². The number of aliphatic hydroxyl groups excluding tert-OH is 1. The summed E-state index contributed by atoms with van der Waals surface area (Å²) in [7, 11) is 0. The molecule has 218 valence electrons. The molecule has 2 aliphatic rings. The van der Waals surface area contributed by atoms with E-state index in [-0.39, 0.29) is 17.9 Å². The number of piperazine rings is 1. The molecule has 2 aliphatic heterocycles. The van der Waals surface area contributed by atoms with Crippen LogP contribution in [0.4, 0.5) is 5.82 Å². The van der Waals surface area contributed by atoms with Crippen molar-refractivity contribution in [3.05, 3.63) is 68.1 Å². The number of nitrogens with one attached hydrogen (secondary N) is 2. The first-order chi connectivity index (χ1) is 19.4. The van der Waals surface area contributed by atoms with Gasteiger partial charge in [0.25, 0.3) is 5.56 Å². The van der Waals surface area contributed by atoms with E-state index in [1.54, 1.807) is 18.3 Å². The number of unbranched alkanes of at least 4 members (excludes halogenated alkanes) is 3. The molecule has 0 aliphatic carbocycles. The maximum absolute atomic E-state index is 12.8. The minimum atomic E-state index is -0.595. The molecule has 1 fully saturated rings. The fourth-order valence-electron chi connectivity index (χ4n) is 4.82. The number of halogens is 1. The predicted octanol–water partition coefficient (Wildman–Crippen LogP) is 1.78. The molecule has 0 amide bonds. The quantitative estimate of drug-likeness (QED) is 0.171. The van der Waals surface area contributed by atoms with Gasteiger partial charge in [-0.25, -0.2) is 9.78 Å². The molecule has 0 aromatic carbocycles. The van der Waals surface area contributed by atoms with Crippen molar-refractivity contribution in [3.63, 3.8) is 0 Å². The minimum absolute atomic E-state index is 0.145. The van der Waals surface area contributed by atoms with Gasteiger partial charge in [-0.1, -0.05) is 18.9 Å². The summed E-state index contributed by atoms with van der Waals surface area (Å²) >= 11 is 8.73. The first kappa shape index (κ1) is 30.5. The molecule has 40 heavy (non-hydrogen) atoms. The van der Waals surface area contributed by atoms with Crippen LogP contribution < -0.4 is 21.9 Å². The van der Waals surface area contributed by atoms with Crippen LogP contribution in [0.3, 0.4) is 0 Å². The van der Waals surface area contributed by atoms with E-state index in [4.69, 9.17) is 17.0 Å². The van der Waals surface area contributed by atoms with E-state index in [0.717, 1.165) is 81.8 Å². The number of aromatic nitrogens is 3. The van der Waals surface area contributed by atoms with E-state index in [1.165, 1.54) is 21.4 Å². The zero-order valence-electron chi connectivity index (χ0n) is 22.6. The van der Waals surface area contributed by atoms with Crippen LogP contribution in [0.1, 0.15) is 31.9 Å². The molecule has 0 saturated carbocycles. The van der Waals surface area contributed by atoms with Crippen LogP contribution in [0, 0.1) is 0 Å². The summed E-state index contributed by atoms with van der Waals surface area (Å²) in [5.41, 5.74) is -0.678. The number of rotatable bonds is 13. The molecule has 4 rings (SSSR count). The highest BCUT2D eigenvalue weighted by molar-refractivity contribution is 9.10. The van der Waals surface area contributed by atoms with E-state index in [9.17, 15) is 14.7 Å². The van der Waals surface area contributed by atoms with Gasteiger partial charge in [0.1, 0.15) is 11.9 Å². The third-order valence-electron chi connectivity index (χ3n) is 7.11. The average Bonchev–Trinajstić information content (AvgIpc) is 3.43. The Morgan fingerprint density at radius 2 is 1.75 bits per heavy atom. The van der Waals surface area contributed by atoms with Gasteiger partial charge in [-0.2, -0.15) is 0 Å². The first-order valence-corrected chi connectivity index (χ1v) is 15.0. The Bertz CT molecular complexity index is 1240. The topological polar surface area (TPSA) is 117 Å². The lowest BCUT2D eigenvalue weighted by molar-refractivity contribution is -0.0110. The zero-order valence-corrected chi connectivity index (χ0v) is 25.0. The van der Waals surface area contributed by atoms with Gasteiger partial charge in [0.2, 0.25) is 0 Å². The largest absolute Gasteiger partial charge is 0.393 e. The van der Waals surface area contributed by atoms with Crippen LogP contribution in [0.5, 0.6) is 0 Å². The normalized spacial score (nSPS) is 19.6. The van der Waals surface area contributed by atoms with Crippen LogP contribution >= 0.6 is 28.1 Å². The lowest BCUT2D eigenvalue weighted by Crippen LogP contribution is -2.48. The van der Waals surface area contributed by atoms with Crippen LogP contribution in [0.2, 0.25) is 0 Å². The maximum Gasteiger partial charge on any atom is 0.333 e. The number of anilines is 1. The summed E-state index contributed by atoms with van der Waals surface area (Å²) in [5.74, 6) is 0.719. The average molecular weight is 637 g/mol. The second-order valence-corrected chi connectivity index (χ2v) is 11.3.